The molecule has 2 aromatic rings. The molecule has 0 aliphatic rings. The number of nitrogens with zero attached hydrogens (tertiary/aromatic N) is 2. The highest BCUT2D eigenvalue weighted by Crippen LogP contribution is 2.24. The van der Waals surface area contributed by atoms with Crippen molar-refractivity contribution in [2.75, 3.05) is 11.9 Å². The Labute approximate surface area is 119 Å². The molecule has 1 aromatic heterocycles. The average Bonchev–Trinajstić information content (AvgIpc) is 2.44. The molecule has 1 heterocycles. The van der Waals surface area contributed by atoms with Crippen LogP contribution in [0, 0.1) is 12.7 Å². The maximum atomic E-state index is 13.2. The highest BCUT2D eigenvalue weighted by molar-refractivity contribution is 5.66. The first-order chi connectivity index (χ1) is 9.63. The van der Waals surface area contributed by atoms with Gasteiger partial charge in [-0.2, -0.15) is 0 Å². The van der Waals surface area contributed by atoms with E-state index in [-0.39, 0.29) is 5.82 Å². The van der Waals surface area contributed by atoms with Crippen molar-refractivity contribution >= 4 is 5.82 Å². The van der Waals surface area contributed by atoms with Gasteiger partial charge in [0.25, 0.3) is 0 Å². The molecule has 106 valence electrons. The minimum atomic E-state index is -0.222. The molecule has 2 rings (SSSR count). The molecule has 1 aromatic carbocycles. The Bertz CT molecular complexity index is 596. The van der Waals surface area contributed by atoms with Crippen LogP contribution in [0.1, 0.15) is 31.7 Å². The normalized spacial score (nSPS) is 10.6. The molecule has 4 heteroatoms. The summed E-state index contributed by atoms with van der Waals surface area (Å²) in [5.74, 6) is 1.41. The lowest BCUT2D eigenvalue weighted by Crippen LogP contribution is -2.06. The van der Waals surface area contributed by atoms with Crippen molar-refractivity contribution in [2.45, 2.75) is 33.6 Å². The lowest BCUT2D eigenvalue weighted by atomic mass is 10.1. The Hall–Kier alpha value is -1.97. The van der Waals surface area contributed by atoms with Gasteiger partial charge in [0.05, 0.1) is 5.69 Å². The SMILES string of the molecule is CCCNc1cc(-c2ccc(F)cc2C)nc(CC)n1. The summed E-state index contributed by atoms with van der Waals surface area (Å²) in [6, 6.07) is 6.70. The minimum absolute atomic E-state index is 0.222. The molecule has 3 nitrogen and oxygen atoms in total. The Balaban J connectivity index is 2.44. The van der Waals surface area contributed by atoms with Crippen LogP contribution in [0.4, 0.5) is 10.2 Å². The number of benzene rings is 1. The van der Waals surface area contributed by atoms with Crippen molar-refractivity contribution in [3.8, 4) is 11.3 Å². The fourth-order valence-corrected chi connectivity index (χ4v) is 2.05. The van der Waals surface area contributed by atoms with Crippen LogP contribution in [0.5, 0.6) is 0 Å². The van der Waals surface area contributed by atoms with Crippen molar-refractivity contribution in [1.29, 1.82) is 0 Å². The summed E-state index contributed by atoms with van der Waals surface area (Å²) in [6.45, 7) is 6.91. The molecule has 0 atom stereocenters. The molecule has 0 saturated carbocycles. The van der Waals surface area contributed by atoms with Crippen molar-refractivity contribution in [3.63, 3.8) is 0 Å². The Morgan fingerprint density at radius 3 is 2.60 bits per heavy atom. The minimum Gasteiger partial charge on any atom is -0.370 e. The van der Waals surface area contributed by atoms with Gasteiger partial charge in [0.1, 0.15) is 17.5 Å². The second-order valence-electron chi connectivity index (χ2n) is 4.79. The van der Waals surface area contributed by atoms with Crippen LogP contribution in [-0.2, 0) is 6.42 Å². The second-order valence-corrected chi connectivity index (χ2v) is 4.79. The van der Waals surface area contributed by atoms with E-state index < -0.39 is 0 Å². The molecular weight excluding hydrogens is 253 g/mol. The first-order valence-corrected chi connectivity index (χ1v) is 7.02. The first kappa shape index (κ1) is 14.4. The third kappa shape index (κ3) is 3.32. The third-order valence-electron chi connectivity index (χ3n) is 3.11. The first-order valence-electron chi connectivity index (χ1n) is 7.02. The van der Waals surface area contributed by atoms with Gasteiger partial charge in [0.15, 0.2) is 0 Å². The predicted molar refractivity (Wildman–Crippen MR) is 80.3 cm³/mol. The quantitative estimate of drug-likeness (QED) is 0.895. The van der Waals surface area contributed by atoms with Crippen LogP contribution in [0.25, 0.3) is 11.3 Å². The van der Waals surface area contributed by atoms with Gasteiger partial charge in [-0.3, -0.25) is 0 Å². The van der Waals surface area contributed by atoms with E-state index in [1.807, 2.05) is 19.9 Å². The summed E-state index contributed by atoms with van der Waals surface area (Å²) in [6.07, 6.45) is 1.81. The van der Waals surface area contributed by atoms with Gasteiger partial charge in [-0.1, -0.05) is 13.8 Å². The maximum Gasteiger partial charge on any atom is 0.131 e. The lowest BCUT2D eigenvalue weighted by molar-refractivity contribution is 0.627. The number of halogens is 1. The van der Waals surface area contributed by atoms with Crippen LogP contribution in [0.3, 0.4) is 0 Å². The number of aryl methyl sites for hydroxylation is 2. The molecule has 0 fully saturated rings. The van der Waals surface area contributed by atoms with Gasteiger partial charge < -0.3 is 5.32 Å². The summed E-state index contributed by atoms with van der Waals surface area (Å²) in [5, 5.41) is 3.28. The molecule has 0 spiro atoms. The average molecular weight is 273 g/mol. The van der Waals surface area contributed by atoms with Crippen LogP contribution in [0.15, 0.2) is 24.3 Å². The summed E-state index contributed by atoms with van der Waals surface area (Å²) < 4.78 is 13.2. The van der Waals surface area contributed by atoms with Gasteiger partial charge in [0, 0.05) is 24.6 Å². The zero-order valence-corrected chi connectivity index (χ0v) is 12.2. The second kappa shape index (κ2) is 6.46. The number of anilines is 1. The predicted octanol–water partition coefficient (Wildman–Crippen LogP) is 3.98. The molecule has 0 aliphatic carbocycles. The monoisotopic (exact) mass is 273 g/mol. The number of hydrogen-bond acceptors (Lipinski definition) is 3. The number of rotatable bonds is 5. The van der Waals surface area contributed by atoms with Gasteiger partial charge in [-0.05, 0) is 37.1 Å². The molecule has 0 amide bonds. The molecular formula is C16H20FN3. The van der Waals surface area contributed by atoms with Crippen molar-refractivity contribution < 1.29 is 4.39 Å². The standard InChI is InChI=1S/C16H20FN3/c1-4-8-18-16-10-14(19-15(5-2)20-16)13-7-6-12(17)9-11(13)3/h6-7,9-10H,4-5,8H2,1-3H3,(H,18,19,20). The molecule has 0 aliphatic heterocycles. The topological polar surface area (TPSA) is 37.8 Å². The van der Waals surface area contributed by atoms with Crippen molar-refractivity contribution in [2.24, 2.45) is 0 Å². The van der Waals surface area contributed by atoms with E-state index in [2.05, 4.69) is 22.2 Å². The van der Waals surface area contributed by atoms with Crippen LogP contribution >= 0.6 is 0 Å². The lowest BCUT2D eigenvalue weighted by Gasteiger charge is -2.10. The molecule has 0 unspecified atom stereocenters. The van der Waals surface area contributed by atoms with E-state index in [4.69, 9.17) is 0 Å². The third-order valence-corrected chi connectivity index (χ3v) is 3.11. The summed E-state index contributed by atoms with van der Waals surface area (Å²) in [4.78, 5) is 9.01. The van der Waals surface area contributed by atoms with E-state index in [0.29, 0.717) is 0 Å². The highest BCUT2D eigenvalue weighted by atomic mass is 19.1. The largest absolute Gasteiger partial charge is 0.370 e. The fraction of sp³-hybridized carbons (Fsp3) is 0.375. The molecule has 0 radical (unpaired) electrons. The van der Waals surface area contributed by atoms with E-state index >= 15 is 0 Å². The molecule has 0 bridgehead atoms. The molecule has 20 heavy (non-hydrogen) atoms. The van der Waals surface area contributed by atoms with Crippen LogP contribution < -0.4 is 5.32 Å². The fourth-order valence-electron chi connectivity index (χ4n) is 2.05. The van der Waals surface area contributed by atoms with Crippen molar-refractivity contribution in [1.82, 2.24) is 9.97 Å². The van der Waals surface area contributed by atoms with E-state index in [1.54, 1.807) is 6.07 Å². The summed E-state index contributed by atoms with van der Waals surface area (Å²) in [5.41, 5.74) is 2.67. The van der Waals surface area contributed by atoms with Crippen LogP contribution in [-0.4, -0.2) is 16.5 Å². The maximum absolute atomic E-state index is 13.2. The van der Waals surface area contributed by atoms with Crippen molar-refractivity contribution in [3.05, 3.63) is 41.5 Å². The number of nitrogens with one attached hydrogen (secondary N) is 1. The Kier molecular flexibility index (Phi) is 4.66. The van der Waals surface area contributed by atoms with Crippen LogP contribution in [0.2, 0.25) is 0 Å². The van der Waals surface area contributed by atoms with Gasteiger partial charge in [-0.15, -0.1) is 0 Å². The van der Waals surface area contributed by atoms with Gasteiger partial charge in [0.2, 0.25) is 0 Å². The van der Waals surface area contributed by atoms with Gasteiger partial charge >= 0.3 is 0 Å². The van der Waals surface area contributed by atoms with Gasteiger partial charge in [-0.25, -0.2) is 14.4 Å². The Morgan fingerprint density at radius 2 is 1.95 bits per heavy atom. The molecule has 0 saturated heterocycles. The zero-order chi connectivity index (χ0) is 14.5. The van der Waals surface area contributed by atoms with E-state index in [0.717, 1.165) is 47.8 Å². The summed E-state index contributed by atoms with van der Waals surface area (Å²) in [7, 11) is 0. The number of hydrogen-bond donors (Lipinski definition) is 1. The zero-order valence-electron chi connectivity index (χ0n) is 12.2. The molecule has 1 N–H and O–H groups in total. The summed E-state index contributed by atoms with van der Waals surface area (Å²) >= 11 is 0. The van der Waals surface area contributed by atoms with E-state index in [9.17, 15) is 4.39 Å². The number of aromatic nitrogens is 2. The van der Waals surface area contributed by atoms with E-state index in [1.165, 1.54) is 12.1 Å². The Morgan fingerprint density at radius 1 is 1.15 bits per heavy atom. The smallest absolute Gasteiger partial charge is 0.131 e. The highest BCUT2D eigenvalue weighted by Gasteiger charge is 2.08.